The summed E-state index contributed by atoms with van der Waals surface area (Å²) in [6.07, 6.45) is 6.38. The third-order valence-corrected chi connectivity index (χ3v) is 6.30. The molecule has 7 nitrogen and oxygen atoms in total. The van der Waals surface area contributed by atoms with Crippen molar-refractivity contribution in [3.8, 4) is 0 Å². The Morgan fingerprint density at radius 3 is 2.68 bits per heavy atom. The molecule has 5 rings (SSSR count). The first-order valence-electron chi connectivity index (χ1n) is 11.7. The van der Waals surface area contributed by atoms with Gasteiger partial charge in [0.15, 0.2) is 11.4 Å². The Labute approximate surface area is 197 Å². The van der Waals surface area contributed by atoms with Crippen molar-refractivity contribution in [2.75, 3.05) is 6.61 Å². The Balaban J connectivity index is 1.56. The van der Waals surface area contributed by atoms with Crippen molar-refractivity contribution < 1.29 is 14.3 Å². The minimum absolute atomic E-state index is 0.0427. The highest BCUT2D eigenvalue weighted by molar-refractivity contribution is 6.08. The first-order valence-corrected chi connectivity index (χ1v) is 11.7. The smallest absolute Gasteiger partial charge is 0.354 e. The molecule has 0 radical (unpaired) electrons. The van der Waals surface area contributed by atoms with Crippen LogP contribution in [0.25, 0.3) is 33.2 Å². The lowest BCUT2D eigenvalue weighted by Gasteiger charge is -2.15. The molecule has 174 valence electrons. The molecule has 0 aliphatic heterocycles. The van der Waals surface area contributed by atoms with E-state index >= 15 is 0 Å². The summed E-state index contributed by atoms with van der Waals surface area (Å²) in [5, 5.41) is 0.963. The normalized spacial score (nSPS) is 14.4. The molecule has 34 heavy (non-hydrogen) atoms. The van der Waals surface area contributed by atoms with Crippen LogP contribution in [0.2, 0.25) is 0 Å². The zero-order chi connectivity index (χ0) is 24.0. The van der Waals surface area contributed by atoms with Crippen LogP contribution in [0.5, 0.6) is 0 Å². The second kappa shape index (κ2) is 8.24. The molecule has 1 aromatic carbocycles. The quantitative estimate of drug-likeness (QED) is 0.286. The first-order chi connectivity index (χ1) is 16.3. The fourth-order valence-electron chi connectivity index (χ4n) is 4.60. The third kappa shape index (κ3) is 3.81. The summed E-state index contributed by atoms with van der Waals surface area (Å²) in [5.74, 6) is -0.308. The Bertz CT molecular complexity index is 1470. The second-order valence-corrected chi connectivity index (χ2v) is 9.75. The van der Waals surface area contributed by atoms with E-state index in [0.717, 1.165) is 47.0 Å². The Morgan fingerprint density at radius 1 is 1.12 bits per heavy atom. The number of aromatic nitrogens is 4. The number of ketones is 1. The highest BCUT2D eigenvalue weighted by atomic mass is 16.5. The number of rotatable bonds is 5. The number of nitrogens with one attached hydrogen (secondary N) is 2. The Morgan fingerprint density at radius 2 is 1.91 bits per heavy atom. The van der Waals surface area contributed by atoms with Gasteiger partial charge in [-0.25, -0.2) is 14.8 Å². The molecule has 2 N–H and O–H groups in total. The van der Waals surface area contributed by atoms with Crippen molar-refractivity contribution in [1.29, 1.82) is 0 Å². The monoisotopic (exact) mass is 456 g/mol. The molecule has 0 bridgehead atoms. The van der Waals surface area contributed by atoms with Crippen LogP contribution in [0.3, 0.4) is 0 Å². The number of ether oxygens (including phenoxy) is 1. The molecule has 7 heteroatoms. The summed E-state index contributed by atoms with van der Waals surface area (Å²) in [4.78, 5) is 40.7. The second-order valence-electron chi connectivity index (χ2n) is 9.75. The van der Waals surface area contributed by atoms with Crippen LogP contribution in [0.1, 0.15) is 79.1 Å². The molecule has 0 amide bonds. The minimum atomic E-state index is -0.501. The van der Waals surface area contributed by atoms with Crippen molar-refractivity contribution >= 4 is 45.0 Å². The maximum absolute atomic E-state index is 12.9. The highest BCUT2D eigenvalue weighted by Crippen LogP contribution is 2.40. The summed E-state index contributed by atoms with van der Waals surface area (Å²) in [6.45, 7) is 7.86. The number of hydrogen-bond donors (Lipinski definition) is 2. The molecule has 4 aromatic rings. The van der Waals surface area contributed by atoms with E-state index in [-0.39, 0.29) is 11.8 Å². The van der Waals surface area contributed by atoms with Crippen LogP contribution in [0.15, 0.2) is 36.7 Å². The average molecular weight is 457 g/mol. The molecule has 0 spiro atoms. The van der Waals surface area contributed by atoms with Gasteiger partial charge in [0.05, 0.1) is 24.1 Å². The van der Waals surface area contributed by atoms with Gasteiger partial charge in [-0.15, -0.1) is 0 Å². The predicted octanol–water partition coefficient (Wildman–Crippen LogP) is 5.94. The lowest BCUT2D eigenvalue weighted by Crippen LogP contribution is -2.20. The fourth-order valence-corrected chi connectivity index (χ4v) is 4.60. The van der Waals surface area contributed by atoms with Crippen LogP contribution in [0, 0.1) is 5.41 Å². The number of fused-ring (bicyclic) bond motifs is 2. The molecule has 0 atom stereocenters. The number of aromatic amines is 2. The van der Waals surface area contributed by atoms with Crippen molar-refractivity contribution in [2.45, 2.75) is 47.0 Å². The van der Waals surface area contributed by atoms with Crippen molar-refractivity contribution in [2.24, 2.45) is 5.41 Å². The molecule has 0 unspecified atom stereocenters. The number of Topliss-reactive ketones (excluding diaryl/α,β-unsaturated/α-hetero) is 1. The lowest BCUT2D eigenvalue weighted by atomic mass is 9.87. The number of nitrogens with zero attached hydrogens (tertiary/aromatic N) is 2. The van der Waals surface area contributed by atoms with Crippen molar-refractivity contribution in [3.05, 3.63) is 59.2 Å². The van der Waals surface area contributed by atoms with E-state index in [0.29, 0.717) is 29.0 Å². The summed E-state index contributed by atoms with van der Waals surface area (Å²) in [7, 11) is 0. The summed E-state index contributed by atoms with van der Waals surface area (Å²) in [5.41, 5.74) is 6.98. The van der Waals surface area contributed by atoms with Crippen LogP contribution in [0.4, 0.5) is 0 Å². The van der Waals surface area contributed by atoms with Gasteiger partial charge in [-0.05, 0) is 61.1 Å². The molecular weight excluding hydrogens is 428 g/mol. The predicted molar refractivity (Wildman–Crippen MR) is 133 cm³/mol. The van der Waals surface area contributed by atoms with Gasteiger partial charge >= 0.3 is 5.97 Å². The van der Waals surface area contributed by atoms with Crippen molar-refractivity contribution in [1.82, 2.24) is 19.9 Å². The fraction of sp³-hybridized carbons (Fsp3) is 0.333. The topological polar surface area (TPSA) is 101 Å². The first kappa shape index (κ1) is 22.1. The summed E-state index contributed by atoms with van der Waals surface area (Å²) in [6, 6.07) is 8.01. The van der Waals surface area contributed by atoms with Gasteiger partial charge in [0.1, 0.15) is 11.2 Å². The number of allylic oxidation sites excluding steroid dienone is 2. The zero-order valence-electron chi connectivity index (χ0n) is 19.9. The molecule has 3 aromatic heterocycles. The van der Waals surface area contributed by atoms with Gasteiger partial charge in [-0.3, -0.25) is 4.79 Å². The lowest BCUT2D eigenvalue weighted by molar-refractivity contribution is 0.0520. The number of carbonyl (C=O) groups excluding carboxylic acids is 2. The van der Waals surface area contributed by atoms with E-state index in [9.17, 15) is 9.59 Å². The average Bonchev–Trinajstić information content (AvgIpc) is 3.54. The zero-order valence-corrected chi connectivity index (χ0v) is 19.9. The van der Waals surface area contributed by atoms with Crippen LogP contribution < -0.4 is 0 Å². The van der Waals surface area contributed by atoms with Gasteiger partial charge in [0, 0.05) is 22.5 Å². The van der Waals surface area contributed by atoms with Crippen LogP contribution in [-0.2, 0) is 4.74 Å². The number of hydrogen-bond acceptors (Lipinski definition) is 5. The van der Waals surface area contributed by atoms with Crippen molar-refractivity contribution in [3.63, 3.8) is 0 Å². The van der Waals surface area contributed by atoms with E-state index < -0.39 is 5.41 Å². The van der Waals surface area contributed by atoms with Crippen LogP contribution >= 0.6 is 0 Å². The van der Waals surface area contributed by atoms with E-state index in [1.165, 1.54) is 5.57 Å². The number of esters is 1. The molecule has 1 aliphatic carbocycles. The maximum atomic E-state index is 12.9. The van der Waals surface area contributed by atoms with Gasteiger partial charge in [-0.1, -0.05) is 26.8 Å². The summed E-state index contributed by atoms with van der Waals surface area (Å²) < 4.78 is 5.12. The number of benzene rings is 1. The minimum Gasteiger partial charge on any atom is -0.461 e. The Kier molecular flexibility index (Phi) is 5.35. The SMILES string of the molecule is CCOC(=O)c1cc2cc(C3=C(c4cnc5[nH]cc(C(=O)C(C)(C)C)c5n4)CCC3)ccc2[nH]1. The maximum Gasteiger partial charge on any atom is 0.354 e. The number of carbonyl (C=O) groups is 2. The van der Waals surface area contributed by atoms with E-state index in [1.807, 2.05) is 32.9 Å². The largest absolute Gasteiger partial charge is 0.461 e. The van der Waals surface area contributed by atoms with Gasteiger partial charge in [-0.2, -0.15) is 0 Å². The van der Waals surface area contributed by atoms with E-state index in [1.54, 1.807) is 19.3 Å². The highest BCUT2D eigenvalue weighted by Gasteiger charge is 2.27. The molecule has 0 saturated heterocycles. The van der Waals surface area contributed by atoms with E-state index in [4.69, 9.17) is 9.72 Å². The van der Waals surface area contributed by atoms with Gasteiger partial charge in [0.2, 0.25) is 0 Å². The third-order valence-electron chi connectivity index (χ3n) is 6.30. The van der Waals surface area contributed by atoms with Crippen LogP contribution in [-0.4, -0.2) is 38.3 Å². The van der Waals surface area contributed by atoms with Gasteiger partial charge < -0.3 is 14.7 Å². The standard InChI is InChI=1S/C27H28N4O3/c1-5-34-26(33)21-12-16-11-15(9-10-20(16)30-21)17-7-6-8-18(17)22-14-29-25-23(31-22)19(13-28-25)24(32)27(2,3)4/h9-14,30H,5-8H2,1-4H3,(H,28,29). The molecule has 3 heterocycles. The molecule has 0 fully saturated rings. The number of H-pyrrole nitrogens is 2. The molecular formula is C27H28N4O3. The Hall–Kier alpha value is -3.74. The summed E-state index contributed by atoms with van der Waals surface area (Å²) >= 11 is 0. The van der Waals surface area contributed by atoms with E-state index in [2.05, 4.69) is 27.1 Å². The van der Waals surface area contributed by atoms with Gasteiger partial charge in [0.25, 0.3) is 0 Å². The molecule has 1 aliphatic rings. The molecule has 0 saturated carbocycles.